The van der Waals surface area contributed by atoms with Crippen molar-refractivity contribution >= 4 is 0 Å². The summed E-state index contributed by atoms with van der Waals surface area (Å²) in [5.74, 6) is 0. The first-order valence-electron chi connectivity index (χ1n) is 5.26. The van der Waals surface area contributed by atoms with Crippen molar-refractivity contribution in [2.75, 3.05) is 0 Å². The Morgan fingerprint density at radius 3 is 1.44 bits per heavy atom. The Morgan fingerprint density at radius 1 is 0.875 bits per heavy atom. The Bertz CT molecular complexity index is 305. The van der Waals surface area contributed by atoms with Crippen LogP contribution in [0, 0.1) is 17.9 Å². The van der Waals surface area contributed by atoms with Crippen LogP contribution in [-0.4, -0.2) is 6.10 Å². The summed E-state index contributed by atoms with van der Waals surface area (Å²) in [5, 5.41) is 0. The van der Waals surface area contributed by atoms with Gasteiger partial charge in [-0.3, -0.25) is 0 Å². The van der Waals surface area contributed by atoms with Crippen molar-refractivity contribution in [1.29, 1.82) is 0 Å². The molecule has 2 heteroatoms. The predicted octanol–water partition coefficient (Wildman–Crippen LogP) is 3.43. The molecule has 0 aromatic rings. The number of hydrogen-bond donors (Lipinski definition) is 0. The summed E-state index contributed by atoms with van der Waals surface area (Å²) in [6.45, 7) is 4.35. The smallest absolute Gasteiger partial charge is 0.0481 e. The van der Waals surface area contributed by atoms with Gasteiger partial charge in [0.15, 0.2) is 0 Å². The average Bonchev–Trinajstić information content (AvgIpc) is 2.77. The maximum absolute atomic E-state index is 5.47. The molecule has 1 nitrogen and oxygen atoms in total. The van der Waals surface area contributed by atoms with Crippen LogP contribution in [0.5, 0.6) is 0 Å². The topological polar surface area (TPSA) is 9.23 Å². The summed E-state index contributed by atoms with van der Waals surface area (Å²) >= 11 is 0. The fourth-order valence-corrected chi connectivity index (χ4v) is 2.54. The Morgan fingerprint density at radius 2 is 1.19 bits per heavy atom. The van der Waals surface area contributed by atoms with Crippen LogP contribution in [0.1, 0.15) is 13.8 Å². The zero-order valence-corrected chi connectivity index (χ0v) is 12.3. The second-order valence-electron chi connectivity index (χ2n) is 4.72. The van der Waals surface area contributed by atoms with Gasteiger partial charge in [-0.05, 0) is 0 Å². The first-order chi connectivity index (χ1) is 7.11. The van der Waals surface area contributed by atoms with Gasteiger partial charge in [-0.2, -0.15) is 0 Å². The monoisotopic (exact) mass is 291 g/mol. The summed E-state index contributed by atoms with van der Waals surface area (Å²) in [6, 6.07) is 0. The molecule has 0 N–H and O–H groups in total. The molecular formula is C14H17OZr-. The van der Waals surface area contributed by atoms with Crippen LogP contribution in [0.15, 0.2) is 48.6 Å². The van der Waals surface area contributed by atoms with Crippen LogP contribution >= 0.6 is 0 Å². The Balaban J connectivity index is 0.00000128. The zero-order chi connectivity index (χ0) is 10.9. The van der Waals surface area contributed by atoms with Crippen molar-refractivity contribution in [3.8, 4) is 0 Å². The molecule has 2 aliphatic carbocycles. The van der Waals surface area contributed by atoms with Gasteiger partial charge in [0.05, 0.1) is 0 Å². The van der Waals surface area contributed by atoms with Gasteiger partial charge in [-0.1, -0.05) is 62.5 Å². The van der Waals surface area contributed by atoms with Crippen molar-refractivity contribution in [3.05, 3.63) is 55.7 Å². The summed E-state index contributed by atoms with van der Waals surface area (Å²) in [6.07, 6.45) is 17.0. The molecule has 0 spiro atoms. The van der Waals surface area contributed by atoms with Crippen LogP contribution in [-0.2, 0) is 30.9 Å². The summed E-state index contributed by atoms with van der Waals surface area (Å²) in [4.78, 5) is 0. The van der Waals surface area contributed by atoms with Crippen molar-refractivity contribution in [1.82, 2.24) is 0 Å². The van der Waals surface area contributed by atoms with Gasteiger partial charge >= 0.3 is 0 Å². The number of ether oxygens (including phenoxy) is 1. The third-order valence-corrected chi connectivity index (χ3v) is 3.34. The zero-order valence-electron chi connectivity index (χ0n) is 9.81. The molecule has 0 amide bonds. The number of allylic oxidation sites excluding steroid dienone is 4. The number of rotatable bonds is 3. The SMILES string of the molecule is [CH2-]OC(C1(C)C=CC=C1)C1(C)C=CC=C1.[Zr]. The molecule has 84 valence electrons. The van der Waals surface area contributed by atoms with Gasteiger partial charge < -0.3 is 4.74 Å². The molecule has 2 rings (SSSR count). The predicted molar refractivity (Wildman–Crippen MR) is 63.0 cm³/mol. The van der Waals surface area contributed by atoms with Crippen molar-refractivity contribution in [3.63, 3.8) is 0 Å². The molecule has 0 aromatic carbocycles. The minimum atomic E-state index is -0.0600. The van der Waals surface area contributed by atoms with Crippen molar-refractivity contribution in [2.24, 2.45) is 10.8 Å². The molecule has 0 unspecified atom stereocenters. The molecule has 0 fully saturated rings. The standard InChI is InChI=1S/C14H17O.Zr/c1-13(8-4-5-9-13)12(15-3)14(2)10-6-7-11-14;/h4-12H,3H2,1-2H3;/q-1;. The molecule has 0 aromatic heterocycles. The molecule has 0 aliphatic heterocycles. The van der Waals surface area contributed by atoms with Crippen LogP contribution in [0.2, 0.25) is 0 Å². The van der Waals surface area contributed by atoms with Crippen molar-refractivity contribution in [2.45, 2.75) is 20.0 Å². The van der Waals surface area contributed by atoms with E-state index in [2.05, 4.69) is 69.6 Å². The molecule has 0 radical (unpaired) electrons. The largest absolute Gasteiger partial charge is 0.551 e. The van der Waals surface area contributed by atoms with Crippen LogP contribution in [0.3, 0.4) is 0 Å². The third kappa shape index (κ3) is 2.24. The van der Waals surface area contributed by atoms with E-state index in [4.69, 9.17) is 4.74 Å². The first-order valence-corrected chi connectivity index (χ1v) is 5.26. The van der Waals surface area contributed by atoms with Gasteiger partial charge in [0.2, 0.25) is 0 Å². The summed E-state index contributed by atoms with van der Waals surface area (Å²) in [5.41, 5.74) is -0.120. The van der Waals surface area contributed by atoms with E-state index in [1.54, 1.807) is 0 Å². The van der Waals surface area contributed by atoms with Gasteiger partial charge in [0.25, 0.3) is 0 Å². The van der Waals surface area contributed by atoms with E-state index in [1.807, 2.05) is 0 Å². The van der Waals surface area contributed by atoms with Crippen molar-refractivity contribution < 1.29 is 30.9 Å². The molecule has 0 bridgehead atoms. The van der Waals surface area contributed by atoms with Gasteiger partial charge in [0.1, 0.15) is 0 Å². The minimum Gasteiger partial charge on any atom is -0.551 e. The second kappa shape index (κ2) is 4.98. The Hall–Kier alpha value is -0.197. The fourth-order valence-electron chi connectivity index (χ4n) is 2.54. The first kappa shape index (κ1) is 13.9. The third-order valence-electron chi connectivity index (χ3n) is 3.34. The molecule has 0 saturated heterocycles. The van der Waals surface area contributed by atoms with Crippen LogP contribution < -0.4 is 0 Å². The van der Waals surface area contributed by atoms with Gasteiger partial charge in [0, 0.05) is 43.1 Å². The van der Waals surface area contributed by atoms with E-state index in [0.29, 0.717) is 0 Å². The molecular weight excluding hydrogens is 275 g/mol. The molecule has 0 heterocycles. The van der Waals surface area contributed by atoms with Gasteiger partial charge in [-0.25, -0.2) is 7.11 Å². The molecule has 0 atom stereocenters. The second-order valence-corrected chi connectivity index (χ2v) is 4.72. The van der Waals surface area contributed by atoms with Gasteiger partial charge in [-0.15, -0.1) is 0 Å². The Labute approximate surface area is 117 Å². The molecule has 16 heavy (non-hydrogen) atoms. The van der Waals surface area contributed by atoms with E-state index in [0.717, 1.165) is 0 Å². The molecule has 0 saturated carbocycles. The minimum absolute atomic E-state index is 0. The quantitative estimate of drug-likeness (QED) is 0.724. The van der Waals surface area contributed by atoms with E-state index < -0.39 is 0 Å². The van der Waals surface area contributed by atoms with E-state index >= 15 is 0 Å². The van der Waals surface area contributed by atoms with Crippen LogP contribution in [0.25, 0.3) is 0 Å². The normalized spacial score (nSPS) is 23.0. The molecule has 2 aliphatic rings. The maximum Gasteiger partial charge on any atom is 0.0481 e. The Kier molecular flexibility index (Phi) is 4.31. The average molecular weight is 293 g/mol. The van der Waals surface area contributed by atoms with E-state index in [-0.39, 0.29) is 43.1 Å². The maximum atomic E-state index is 5.47. The fraction of sp³-hybridized carbons (Fsp3) is 0.357. The summed E-state index contributed by atoms with van der Waals surface area (Å²) < 4.78 is 5.47. The summed E-state index contributed by atoms with van der Waals surface area (Å²) in [7, 11) is 3.63. The number of hydrogen-bond acceptors (Lipinski definition) is 1. The van der Waals surface area contributed by atoms with E-state index in [1.165, 1.54) is 0 Å². The van der Waals surface area contributed by atoms with E-state index in [9.17, 15) is 0 Å². The van der Waals surface area contributed by atoms with Crippen LogP contribution in [0.4, 0.5) is 0 Å².